The Balaban J connectivity index is 2.36. The normalized spacial score (nSPS) is 13.6. The first-order valence-corrected chi connectivity index (χ1v) is 4.41. The van der Waals surface area contributed by atoms with E-state index in [9.17, 15) is 9.59 Å². The molecule has 0 bridgehead atoms. The molecule has 0 saturated carbocycles. The van der Waals surface area contributed by atoms with Gasteiger partial charge in [0.2, 0.25) is 17.3 Å². The number of nitrogens with zero attached hydrogens (tertiary/aromatic N) is 1. The molecule has 1 aliphatic rings. The van der Waals surface area contributed by atoms with Crippen LogP contribution in [0.15, 0.2) is 35.1 Å². The molecule has 3 rings (SSSR count). The maximum atomic E-state index is 11.8. The quantitative estimate of drug-likeness (QED) is 0.549. The second-order valence-corrected chi connectivity index (χ2v) is 3.23. The number of aromatic nitrogens is 1. The number of hydrogen-bond acceptors (Lipinski definition) is 4. The zero-order valence-electron chi connectivity index (χ0n) is 7.56. The van der Waals surface area contributed by atoms with Gasteiger partial charge in [-0.05, 0) is 0 Å². The lowest BCUT2D eigenvalue weighted by atomic mass is 9.91. The number of carbonyl (C=O) groups excluding carboxylic acids is 2. The highest BCUT2D eigenvalue weighted by atomic mass is 16.3. The van der Waals surface area contributed by atoms with Crippen molar-refractivity contribution in [1.29, 1.82) is 0 Å². The predicted octanol–water partition coefficient (Wildman–Crippen LogP) is 1.45. The van der Waals surface area contributed by atoms with Crippen LogP contribution >= 0.6 is 0 Å². The van der Waals surface area contributed by atoms with Crippen molar-refractivity contribution in [2.75, 3.05) is 0 Å². The van der Waals surface area contributed by atoms with Gasteiger partial charge in [0.15, 0.2) is 12.1 Å². The van der Waals surface area contributed by atoms with Crippen molar-refractivity contribution in [2.45, 2.75) is 0 Å². The van der Waals surface area contributed by atoms with Crippen LogP contribution in [-0.4, -0.2) is 16.6 Å². The molecule has 1 aliphatic carbocycles. The van der Waals surface area contributed by atoms with Gasteiger partial charge >= 0.3 is 0 Å². The molecule has 0 atom stereocenters. The van der Waals surface area contributed by atoms with Gasteiger partial charge in [-0.1, -0.05) is 24.3 Å². The fourth-order valence-corrected chi connectivity index (χ4v) is 1.70. The molecule has 1 aromatic carbocycles. The SMILES string of the molecule is O=C1c2ccccc2C(=O)c2ocnc21. The van der Waals surface area contributed by atoms with E-state index in [2.05, 4.69) is 4.98 Å². The van der Waals surface area contributed by atoms with E-state index in [1.807, 2.05) is 0 Å². The molecule has 4 heteroatoms. The molecule has 2 aromatic rings. The highest BCUT2D eigenvalue weighted by molar-refractivity contribution is 6.26. The summed E-state index contributed by atoms with van der Waals surface area (Å²) in [5.41, 5.74) is 0.884. The van der Waals surface area contributed by atoms with Gasteiger partial charge in [-0.2, -0.15) is 0 Å². The van der Waals surface area contributed by atoms with E-state index in [-0.39, 0.29) is 23.0 Å². The standard InChI is InChI=1S/C11H5NO3/c13-9-6-3-1-2-4-7(6)10(14)11-8(9)12-5-15-11/h1-5H. The Morgan fingerprint density at radius 3 is 2.40 bits per heavy atom. The van der Waals surface area contributed by atoms with Crippen LogP contribution in [0.5, 0.6) is 0 Å². The molecule has 0 saturated heterocycles. The van der Waals surface area contributed by atoms with Crippen LogP contribution < -0.4 is 0 Å². The maximum Gasteiger partial charge on any atom is 0.231 e. The number of oxazole rings is 1. The van der Waals surface area contributed by atoms with E-state index in [1.165, 1.54) is 0 Å². The van der Waals surface area contributed by atoms with Crippen molar-refractivity contribution in [2.24, 2.45) is 0 Å². The van der Waals surface area contributed by atoms with Crippen molar-refractivity contribution in [3.05, 3.63) is 53.2 Å². The Bertz CT molecular complexity index is 534. The minimum Gasteiger partial charge on any atom is -0.439 e. The monoisotopic (exact) mass is 199 g/mol. The summed E-state index contributed by atoms with van der Waals surface area (Å²) in [5, 5.41) is 0. The Morgan fingerprint density at radius 1 is 1.00 bits per heavy atom. The second kappa shape index (κ2) is 2.63. The van der Waals surface area contributed by atoms with Gasteiger partial charge in [0.05, 0.1) is 0 Å². The number of benzene rings is 1. The largest absolute Gasteiger partial charge is 0.439 e. The lowest BCUT2D eigenvalue weighted by Crippen LogP contribution is -2.19. The van der Waals surface area contributed by atoms with Gasteiger partial charge in [-0.15, -0.1) is 0 Å². The van der Waals surface area contributed by atoms with Crippen LogP contribution in [0.2, 0.25) is 0 Å². The van der Waals surface area contributed by atoms with Crippen LogP contribution in [0.25, 0.3) is 0 Å². The van der Waals surface area contributed by atoms with Crippen LogP contribution in [-0.2, 0) is 0 Å². The Kier molecular flexibility index (Phi) is 1.42. The zero-order valence-corrected chi connectivity index (χ0v) is 7.56. The first kappa shape index (κ1) is 8.11. The molecule has 0 amide bonds. The molecule has 15 heavy (non-hydrogen) atoms. The average Bonchev–Trinajstić information content (AvgIpc) is 2.75. The van der Waals surface area contributed by atoms with E-state index in [1.54, 1.807) is 24.3 Å². The van der Waals surface area contributed by atoms with Gasteiger partial charge in [-0.25, -0.2) is 4.98 Å². The summed E-state index contributed by atoms with van der Waals surface area (Å²) in [4.78, 5) is 27.4. The molecule has 1 heterocycles. The molecule has 0 unspecified atom stereocenters. The minimum atomic E-state index is -0.280. The molecular formula is C11H5NO3. The number of hydrogen-bond donors (Lipinski definition) is 0. The molecule has 0 N–H and O–H groups in total. The third-order valence-corrected chi connectivity index (χ3v) is 2.41. The minimum absolute atomic E-state index is 0.0405. The third-order valence-electron chi connectivity index (χ3n) is 2.41. The Labute approximate surface area is 84.5 Å². The lowest BCUT2D eigenvalue weighted by Gasteiger charge is -2.10. The van der Waals surface area contributed by atoms with Crippen molar-refractivity contribution in [1.82, 2.24) is 4.98 Å². The van der Waals surface area contributed by atoms with Gasteiger partial charge < -0.3 is 4.42 Å². The summed E-state index contributed by atoms with van der Waals surface area (Å²) in [6, 6.07) is 6.66. The summed E-state index contributed by atoms with van der Waals surface area (Å²) < 4.78 is 4.91. The summed E-state index contributed by atoms with van der Waals surface area (Å²) in [5.74, 6) is -0.495. The van der Waals surface area contributed by atoms with E-state index in [4.69, 9.17) is 4.42 Å². The fourth-order valence-electron chi connectivity index (χ4n) is 1.70. The third kappa shape index (κ3) is 0.929. The van der Waals surface area contributed by atoms with Crippen molar-refractivity contribution >= 4 is 11.6 Å². The van der Waals surface area contributed by atoms with Gasteiger partial charge in [0.25, 0.3) is 0 Å². The molecule has 0 fully saturated rings. The first-order chi connectivity index (χ1) is 7.29. The predicted molar refractivity (Wildman–Crippen MR) is 49.8 cm³/mol. The molecule has 0 aliphatic heterocycles. The van der Waals surface area contributed by atoms with Gasteiger partial charge in [0.1, 0.15) is 0 Å². The van der Waals surface area contributed by atoms with Gasteiger partial charge in [-0.3, -0.25) is 9.59 Å². The van der Waals surface area contributed by atoms with Crippen LogP contribution in [0, 0.1) is 0 Å². The Morgan fingerprint density at radius 2 is 1.67 bits per heavy atom. The topological polar surface area (TPSA) is 60.2 Å². The summed E-state index contributed by atoms with van der Waals surface area (Å²) in [6.07, 6.45) is 1.12. The molecular weight excluding hydrogens is 194 g/mol. The highest BCUT2D eigenvalue weighted by Crippen LogP contribution is 2.25. The van der Waals surface area contributed by atoms with Crippen molar-refractivity contribution < 1.29 is 14.0 Å². The zero-order chi connectivity index (χ0) is 10.4. The Hall–Kier alpha value is -2.23. The van der Waals surface area contributed by atoms with E-state index < -0.39 is 0 Å². The maximum absolute atomic E-state index is 11.8. The number of rotatable bonds is 0. The smallest absolute Gasteiger partial charge is 0.231 e. The lowest BCUT2D eigenvalue weighted by molar-refractivity contribution is 0.0959. The van der Waals surface area contributed by atoms with E-state index in [0.717, 1.165) is 6.39 Å². The van der Waals surface area contributed by atoms with E-state index in [0.29, 0.717) is 11.1 Å². The fraction of sp³-hybridized carbons (Fsp3) is 0. The highest BCUT2D eigenvalue weighted by Gasteiger charge is 2.33. The molecule has 72 valence electrons. The number of fused-ring (bicyclic) bond motifs is 2. The van der Waals surface area contributed by atoms with Crippen LogP contribution in [0.1, 0.15) is 32.2 Å². The van der Waals surface area contributed by atoms with Crippen molar-refractivity contribution in [3.8, 4) is 0 Å². The average molecular weight is 199 g/mol. The molecule has 4 nitrogen and oxygen atoms in total. The second-order valence-electron chi connectivity index (χ2n) is 3.23. The summed E-state index contributed by atoms with van der Waals surface area (Å²) >= 11 is 0. The first-order valence-electron chi connectivity index (χ1n) is 4.41. The molecule has 0 spiro atoms. The summed E-state index contributed by atoms with van der Waals surface area (Å²) in [7, 11) is 0. The number of ketones is 2. The van der Waals surface area contributed by atoms with Crippen LogP contribution in [0.3, 0.4) is 0 Å². The van der Waals surface area contributed by atoms with Gasteiger partial charge in [0, 0.05) is 11.1 Å². The number of carbonyl (C=O) groups is 2. The van der Waals surface area contributed by atoms with E-state index >= 15 is 0 Å². The van der Waals surface area contributed by atoms with Crippen LogP contribution in [0.4, 0.5) is 0 Å². The molecule has 0 radical (unpaired) electrons. The molecule has 1 aromatic heterocycles. The summed E-state index contributed by atoms with van der Waals surface area (Å²) in [6.45, 7) is 0. The van der Waals surface area contributed by atoms with Crippen molar-refractivity contribution in [3.63, 3.8) is 0 Å².